The van der Waals surface area contributed by atoms with Crippen LogP contribution in [-0.2, 0) is 11.3 Å². The minimum absolute atomic E-state index is 0. The van der Waals surface area contributed by atoms with E-state index < -0.39 is 0 Å². The molecule has 0 aromatic carbocycles. The quantitative estimate of drug-likeness (QED) is 0.930. The summed E-state index contributed by atoms with van der Waals surface area (Å²) in [6, 6.07) is 4.76. The molecule has 2 atom stereocenters. The third kappa shape index (κ3) is 3.01. The Labute approximate surface area is 129 Å². The molecular weight excluding hydrogens is 296 g/mol. The van der Waals surface area contributed by atoms with Gasteiger partial charge in [-0.3, -0.25) is 4.79 Å². The second-order valence-corrected chi connectivity index (χ2v) is 6.46. The Morgan fingerprint density at radius 3 is 3.00 bits per heavy atom. The minimum Gasteiger partial charge on any atom is -0.379 e. The molecule has 2 aliphatic heterocycles. The summed E-state index contributed by atoms with van der Waals surface area (Å²) >= 11 is 1.56. The molecule has 2 aliphatic rings. The van der Waals surface area contributed by atoms with Crippen LogP contribution in [0, 0.1) is 0 Å². The first-order chi connectivity index (χ1) is 9.29. The highest BCUT2D eigenvalue weighted by atomic mass is 35.5. The van der Waals surface area contributed by atoms with Crippen molar-refractivity contribution in [2.75, 3.05) is 20.2 Å². The second-order valence-electron chi connectivity index (χ2n) is 5.29. The van der Waals surface area contributed by atoms with Crippen molar-refractivity contribution in [3.8, 4) is 0 Å². The van der Waals surface area contributed by atoms with Crippen LogP contribution >= 0.6 is 23.7 Å². The number of thiophene rings is 1. The standard InChI is InChI=1S/C14H20N2O2S.ClH/c1-18-9-12-4-5-13(19-12)14(17)16-10-2-3-11(16)8-15-7-6-10;/h4-5,10-11,15H,2-3,6-9H2,1H3;1H/t10-,11+;/m1./s1. The van der Waals surface area contributed by atoms with Gasteiger partial charge in [-0.25, -0.2) is 0 Å². The Morgan fingerprint density at radius 1 is 1.40 bits per heavy atom. The molecule has 2 saturated heterocycles. The lowest BCUT2D eigenvalue weighted by Gasteiger charge is -2.27. The van der Waals surface area contributed by atoms with E-state index in [0.717, 1.165) is 42.1 Å². The van der Waals surface area contributed by atoms with E-state index in [0.29, 0.717) is 18.7 Å². The molecule has 20 heavy (non-hydrogen) atoms. The van der Waals surface area contributed by atoms with Crippen LogP contribution in [0.3, 0.4) is 0 Å². The lowest BCUT2D eigenvalue weighted by Crippen LogP contribution is -2.42. The molecule has 2 fully saturated rings. The van der Waals surface area contributed by atoms with E-state index in [1.807, 2.05) is 12.1 Å². The third-order valence-corrected chi connectivity index (χ3v) is 5.09. The highest BCUT2D eigenvalue weighted by Crippen LogP contribution is 2.31. The molecule has 0 unspecified atom stereocenters. The predicted molar refractivity (Wildman–Crippen MR) is 82.7 cm³/mol. The Bertz CT molecular complexity index is 452. The molecule has 3 rings (SSSR count). The molecule has 0 spiro atoms. The normalized spacial score (nSPS) is 25.1. The zero-order valence-electron chi connectivity index (χ0n) is 11.6. The van der Waals surface area contributed by atoms with Gasteiger partial charge in [0, 0.05) is 30.6 Å². The fourth-order valence-electron chi connectivity index (χ4n) is 3.15. The SMILES string of the molecule is COCc1ccc(C(=O)N2[C@H]3CCNC[C@@H]2CC3)s1.Cl. The Kier molecular flexibility index (Phi) is 5.43. The van der Waals surface area contributed by atoms with E-state index in [1.54, 1.807) is 18.4 Å². The minimum atomic E-state index is 0. The number of hydrogen-bond donors (Lipinski definition) is 1. The number of carbonyl (C=O) groups is 1. The maximum atomic E-state index is 12.7. The van der Waals surface area contributed by atoms with Gasteiger partial charge >= 0.3 is 0 Å². The zero-order valence-corrected chi connectivity index (χ0v) is 13.3. The molecule has 1 aromatic rings. The van der Waals surface area contributed by atoms with Gasteiger partial charge in [0.1, 0.15) is 0 Å². The van der Waals surface area contributed by atoms with E-state index in [2.05, 4.69) is 10.2 Å². The van der Waals surface area contributed by atoms with Gasteiger partial charge in [-0.1, -0.05) is 0 Å². The number of ether oxygens (including phenoxy) is 1. The largest absolute Gasteiger partial charge is 0.379 e. The van der Waals surface area contributed by atoms with Crippen molar-refractivity contribution in [2.24, 2.45) is 0 Å². The lowest BCUT2D eigenvalue weighted by molar-refractivity contribution is 0.0685. The maximum absolute atomic E-state index is 12.7. The van der Waals surface area contributed by atoms with Crippen LogP contribution in [0.1, 0.15) is 33.8 Å². The van der Waals surface area contributed by atoms with Crippen LogP contribution in [0.5, 0.6) is 0 Å². The van der Waals surface area contributed by atoms with Gasteiger partial charge < -0.3 is 15.0 Å². The highest BCUT2D eigenvalue weighted by molar-refractivity contribution is 7.14. The van der Waals surface area contributed by atoms with Crippen LogP contribution in [0.4, 0.5) is 0 Å². The molecule has 1 aromatic heterocycles. The Morgan fingerprint density at radius 2 is 2.20 bits per heavy atom. The van der Waals surface area contributed by atoms with Gasteiger partial charge in [0.25, 0.3) is 5.91 Å². The summed E-state index contributed by atoms with van der Waals surface area (Å²) in [6.45, 7) is 2.56. The summed E-state index contributed by atoms with van der Waals surface area (Å²) in [5.74, 6) is 0.212. The number of amides is 1. The number of methoxy groups -OCH3 is 1. The van der Waals surface area contributed by atoms with E-state index in [-0.39, 0.29) is 18.3 Å². The van der Waals surface area contributed by atoms with Crippen molar-refractivity contribution in [2.45, 2.75) is 38.0 Å². The second kappa shape index (κ2) is 6.89. The molecule has 4 nitrogen and oxygen atoms in total. The first-order valence-corrected chi connectivity index (χ1v) is 7.72. The van der Waals surface area contributed by atoms with Gasteiger partial charge in [0.2, 0.25) is 0 Å². The molecule has 1 N–H and O–H groups in total. The number of carbonyl (C=O) groups excluding carboxylic acids is 1. The molecule has 0 aliphatic carbocycles. The van der Waals surface area contributed by atoms with Gasteiger partial charge in [-0.15, -0.1) is 23.7 Å². The Hall–Kier alpha value is -0.620. The van der Waals surface area contributed by atoms with Crippen molar-refractivity contribution in [1.82, 2.24) is 10.2 Å². The molecule has 2 bridgehead atoms. The molecule has 0 saturated carbocycles. The van der Waals surface area contributed by atoms with Crippen LogP contribution in [0.2, 0.25) is 0 Å². The van der Waals surface area contributed by atoms with Crippen LogP contribution in [0.25, 0.3) is 0 Å². The average molecular weight is 317 g/mol. The van der Waals surface area contributed by atoms with Gasteiger partial charge in [-0.2, -0.15) is 0 Å². The van der Waals surface area contributed by atoms with Crippen molar-refractivity contribution < 1.29 is 9.53 Å². The van der Waals surface area contributed by atoms with Crippen LogP contribution < -0.4 is 5.32 Å². The number of nitrogens with one attached hydrogen (secondary N) is 1. The number of halogens is 1. The number of rotatable bonds is 3. The van der Waals surface area contributed by atoms with Crippen molar-refractivity contribution in [3.63, 3.8) is 0 Å². The average Bonchev–Trinajstić information content (AvgIpc) is 2.93. The fourth-order valence-corrected chi connectivity index (χ4v) is 4.08. The van der Waals surface area contributed by atoms with Crippen LogP contribution in [0.15, 0.2) is 12.1 Å². The summed E-state index contributed by atoms with van der Waals surface area (Å²) in [7, 11) is 1.68. The molecule has 1 amide bonds. The van der Waals surface area contributed by atoms with Gasteiger partial charge in [-0.05, 0) is 37.9 Å². The van der Waals surface area contributed by atoms with Gasteiger partial charge in [0.05, 0.1) is 11.5 Å². The van der Waals surface area contributed by atoms with Crippen molar-refractivity contribution in [3.05, 3.63) is 21.9 Å². The molecule has 0 radical (unpaired) electrons. The van der Waals surface area contributed by atoms with E-state index in [4.69, 9.17) is 4.74 Å². The highest BCUT2D eigenvalue weighted by Gasteiger charge is 2.38. The summed E-state index contributed by atoms with van der Waals surface area (Å²) in [5, 5.41) is 3.43. The van der Waals surface area contributed by atoms with E-state index in [1.165, 1.54) is 0 Å². The lowest BCUT2D eigenvalue weighted by atomic mass is 10.1. The van der Waals surface area contributed by atoms with E-state index >= 15 is 0 Å². The fraction of sp³-hybridized carbons (Fsp3) is 0.643. The zero-order chi connectivity index (χ0) is 13.2. The molecule has 6 heteroatoms. The number of nitrogens with zero attached hydrogens (tertiary/aromatic N) is 1. The first-order valence-electron chi connectivity index (χ1n) is 6.90. The predicted octanol–water partition coefficient (Wildman–Crippen LogP) is 2.28. The Balaban J connectivity index is 0.00000147. The molecule has 112 valence electrons. The monoisotopic (exact) mass is 316 g/mol. The topological polar surface area (TPSA) is 41.6 Å². The third-order valence-electron chi connectivity index (χ3n) is 4.05. The van der Waals surface area contributed by atoms with E-state index in [9.17, 15) is 4.79 Å². The van der Waals surface area contributed by atoms with Gasteiger partial charge in [0.15, 0.2) is 0 Å². The maximum Gasteiger partial charge on any atom is 0.264 e. The number of hydrogen-bond acceptors (Lipinski definition) is 4. The van der Waals surface area contributed by atoms with Crippen molar-refractivity contribution >= 4 is 29.7 Å². The summed E-state index contributed by atoms with van der Waals surface area (Å²) in [6.07, 6.45) is 3.38. The summed E-state index contributed by atoms with van der Waals surface area (Å²) in [5.41, 5.74) is 0. The molecular formula is C14H21ClN2O2S. The summed E-state index contributed by atoms with van der Waals surface area (Å²) < 4.78 is 5.12. The molecule has 3 heterocycles. The smallest absolute Gasteiger partial charge is 0.264 e. The first kappa shape index (κ1) is 15.8. The van der Waals surface area contributed by atoms with Crippen molar-refractivity contribution in [1.29, 1.82) is 0 Å². The van der Waals surface area contributed by atoms with Crippen LogP contribution in [-0.4, -0.2) is 43.1 Å². The number of fused-ring (bicyclic) bond motifs is 2. The summed E-state index contributed by atoms with van der Waals surface area (Å²) in [4.78, 5) is 16.8.